The molecule has 0 amide bonds. The smallest absolute Gasteiger partial charge is 0.121 e. The van der Waals surface area contributed by atoms with Gasteiger partial charge in [-0.05, 0) is 49.9 Å². The number of ether oxygens (including phenoxy) is 1. The molecule has 3 rings (SSSR count). The Bertz CT molecular complexity index is 702. The molecule has 3 atom stereocenters. The van der Waals surface area contributed by atoms with E-state index in [-0.39, 0.29) is 6.04 Å². The molecule has 0 saturated carbocycles. The van der Waals surface area contributed by atoms with Crippen molar-refractivity contribution in [3.05, 3.63) is 64.8 Å². The van der Waals surface area contributed by atoms with Gasteiger partial charge in [-0.2, -0.15) is 0 Å². The summed E-state index contributed by atoms with van der Waals surface area (Å²) in [7, 11) is 1.72. The topological polar surface area (TPSA) is 47.3 Å². The number of benzene rings is 1. The summed E-state index contributed by atoms with van der Waals surface area (Å²) in [5.41, 5.74) is 11.8. The van der Waals surface area contributed by atoms with Gasteiger partial charge in [-0.1, -0.05) is 54.5 Å². The third-order valence-corrected chi connectivity index (χ3v) is 5.33. The molecule has 0 fully saturated rings. The fourth-order valence-corrected chi connectivity index (χ4v) is 3.87. The summed E-state index contributed by atoms with van der Waals surface area (Å²) in [5.74, 6) is 1.30. The predicted molar refractivity (Wildman–Crippen MR) is 105 cm³/mol. The molecule has 1 aliphatic heterocycles. The quantitative estimate of drug-likeness (QED) is 0.805. The third kappa shape index (κ3) is 4.23. The molecule has 1 aromatic rings. The highest BCUT2D eigenvalue weighted by atomic mass is 16.5. The SMILES string of the molecule is CCC1=CC(C2=CC(Cc3ccc(OC)c(C)c3)NCC2)C(N)C=C1. The van der Waals surface area contributed by atoms with Crippen molar-refractivity contribution in [1.82, 2.24) is 5.32 Å². The summed E-state index contributed by atoms with van der Waals surface area (Å²) in [5, 5.41) is 3.64. The van der Waals surface area contributed by atoms with E-state index in [4.69, 9.17) is 10.5 Å². The van der Waals surface area contributed by atoms with Crippen LogP contribution >= 0.6 is 0 Å². The van der Waals surface area contributed by atoms with Crippen LogP contribution in [0.2, 0.25) is 0 Å². The lowest BCUT2D eigenvalue weighted by molar-refractivity contribution is 0.411. The van der Waals surface area contributed by atoms with Crippen molar-refractivity contribution in [3.63, 3.8) is 0 Å². The van der Waals surface area contributed by atoms with Gasteiger partial charge in [-0.25, -0.2) is 0 Å². The van der Waals surface area contributed by atoms with Gasteiger partial charge in [0.15, 0.2) is 0 Å². The van der Waals surface area contributed by atoms with Crippen molar-refractivity contribution >= 4 is 0 Å². The van der Waals surface area contributed by atoms with Gasteiger partial charge in [0.25, 0.3) is 0 Å². The number of aryl methyl sites for hydroxylation is 1. The molecule has 0 bridgehead atoms. The maximum Gasteiger partial charge on any atom is 0.121 e. The lowest BCUT2D eigenvalue weighted by Gasteiger charge is -2.31. The highest BCUT2D eigenvalue weighted by Crippen LogP contribution is 2.29. The summed E-state index contributed by atoms with van der Waals surface area (Å²) in [6.45, 7) is 5.33. The molecular formula is C22H30N2O. The van der Waals surface area contributed by atoms with Crippen LogP contribution in [0.4, 0.5) is 0 Å². The van der Waals surface area contributed by atoms with Crippen molar-refractivity contribution in [3.8, 4) is 5.75 Å². The number of methoxy groups -OCH3 is 1. The van der Waals surface area contributed by atoms with Crippen LogP contribution in [0.15, 0.2) is 53.6 Å². The first kappa shape index (κ1) is 18.0. The molecule has 0 aromatic heterocycles. The van der Waals surface area contributed by atoms with Crippen LogP contribution in [0.1, 0.15) is 30.9 Å². The van der Waals surface area contributed by atoms with Crippen molar-refractivity contribution in [2.45, 2.75) is 45.2 Å². The summed E-state index contributed by atoms with van der Waals surface area (Å²) in [6, 6.07) is 6.93. The van der Waals surface area contributed by atoms with Crippen LogP contribution in [0.3, 0.4) is 0 Å². The molecule has 3 heteroatoms. The number of nitrogens with one attached hydrogen (secondary N) is 1. The van der Waals surface area contributed by atoms with Crippen molar-refractivity contribution in [2.75, 3.05) is 13.7 Å². The van der Waals surface area contributed by atoms with Crippen molar-refractivity contribution in [1.29, 1.82) is 0 Å². The van der Waals surface area contributed by atoms with Crippen LogP contribution in [0, 0.1) is 12.8 Å². The Morgan fingerprint density at radius 3 is 2.84 bits per heavy atom. The Kier molecular flexibility index (Phi) is 5.77. The van der Waals surface area contributed by atoms with Gasteiger partial charge < -0.3 is 15.8 Å². The van der Waals surface area contributed by atoms with Crippen LogP contribution in [-0.4, -0.2) is 25.7 Å². The average Bonchev–Trinajstić information content (AvgIpc) is 2.62. The van der Waals surface area contributed by atoms with Gasteiger partial charge in [0.2, 0.25) is 0 Å². The molecule has 3 nitrogen and oxygen atoms in total. The van der Waals surface area contributed by atoms with E-state index in [1.54, 1.807) is 7.11 Å². The molecule has 25 heavy (non-hydrogen) atoms. The zero-order valence-corrected chi connectivity index (χ0v) is 15.6. The first-order valence-corrected chi connectivity index (χ1v) is 9.32. The highest BCUT2D eigenvalue weighted by molar-refractivity contribution is 5.38. The molecule has 0 spiro atoms. The minimum absolute atomic E-state index is 0.100. The number of hydrogen-bond donors (Lipinski definition) is 2. The maximum absolute atomic E-state index is 6.37. The third-order valence-electron chi connectivity index (χ3n) is 5.33. The highest BCUT2D eigenvalue weighted by Gasteiger charge is 2.24. The number of hydrogen-bond acceptors (Lipinski definition) is 3. The molecule has 1 heterocycles. The monoisotopic (exact) mass is 338 g/mol. The van der Waals surface area contributed by atoms with E-state index in [1.807, 2.05) is 0 Å². The predicted octanol–water partition coefficient (Wildman–Crippen LogP) is 3.68. The molecule has 2 aliphatic rings. The summed E-state index contributed by atoms with van der Waals surface area (Å²) in [4.78, 5) is 0. The Morgan fingerprint density at radius 1 is 1.28 bits per heavy atom. The summed E-state index contributed by atoms with van der Waals surface area (Å²) < 4.78 is 5.36. The Hall–Kier alpha value is -1.84. The molecule has 0 radical (unpaired) electrons. The molecule has 1 aliphatic carbocycles. The van der Waals surface area contributed by atoms with Crippen LogP contribution < -0.4 is 15.8 Å². The van der Waals surface area contributed by atoms with Crippen LogP contribution in [0.5, 0.6) is 5.75 Å². The van der Waals surface area contributed by atoms with E-state index < -0.39 is 0 Å². The summed E-state index contributed by atoms with van der Waals surface area (Å²) in [6.07, 6.45) is 12.3. The van der Waals surface area contributed by atoms with Gasteiger partial charge in [-0.15, -0.1) is 0 Å². The minimum Gasteiger partial charge on any atom is -0.496 e. The van der Waals surface area contributed by atoms with Crippen molar-refractivity contribution in [2.24, 2.45) is 11.7 Å². The van der Waals surface area contributed by atoms with E-state index >= 15 is 0 Å². The summed E-state index contributed by atoms with van der Waals surface area (Å²) >= 11 is 0. The second kappa shape index (κ2) is 8.03. The van der Waals surface area contributed by atoms with E-state index in [9.17, 15) is 0 Å². The van der Waals surface area contributed by atoms with Gasteiger partial charge in [0, 0.05) is 18.0 Å². The zero-order valence-electron chi connectivity index (χ0n) is 15.6. The number of allylic oxidation sites excluding steroid dienone is 2. The fourth-order valence-electron chi connectivity index (χ4n) is 3.87. The molecular weight excluding hydrogens is 308 g/mol. The van der Waals surface area contributed by atoms with Gasteiger partial charge >= 0.3 is 0 Å². The van der Waals surface area contributed by atoms with Crippen LogP contribution in [0.25, 0.3) is 0 Å². The lowest BCUT2D eigenvalue weighted by atomic mass is 9.81. The van der Waals surface area contributed by atoms with Crippen molar-refractivity contribution < 1.29 is 4.74 Å². The standard InChI is InChI=1S/C22H30N2O/c1-4-16-5-7-21(23)20(13-16)18-9-10-24-19(14-18)12-17-6-8-22(25-3)15(2)11-17/h5-8,11,13-14,19-21,24H,4,9-10,12,23H2,1-3H3. The first-order valence-electron chi connectivity index (χ1n) is 9.32. The van der Waals surface area contributed by atoms with E-state index in [2.05, 4.69) is 61.7 Å². The Labute approximate surface area is 151 Å². The Balaban J connectivity index is 1.75. The zero-order chi connectivity index (χ0) is 17.8. The largest absolute Gasteiger partial charge is 0.496 e. The first-order chi connectivity index (χ1) is 12.1. The number of rotatable bonds is 5. The van der Waals surface area contributed by atoms with Gasteiger partial charge in [-0.3, -0.25) is 0 Å². The van der Waals surface area contributed by atoms with Gasteiger partial charge in [0.1, 0.15) is 5.75 Å². The molecule has 3 N–H and O–H groups in total. The molecule has 134 valence electrons. The minimum atomic E-state index is 0.100. The van der Waals surface area contributed by atoms with E-state index in [0.717, 1.165) is 31.6 Å². The van der Waals surface area contributed by atoms with E-state index in [1.165, 1.54) is 22.3 Å². The maximum atomic E-state index is 6.37. The van der Waals surface area contributed by atoms with E-state index in [0.29, 0.717) is 12.0 Å². The lowest BCUT2D eigenvalue weighted by Crippen LogP contribution is -2.38. The van der Waals surface area contributed by atoms with Crippen LogP contribution in [-0.2, 0) is 6.42 Å². The fraction of sp³-hybridized carbons (Fsp3) is 0.455. The average molecular weight is 338 g/mol. The van der Waals surface area contributed by atoms with Gasteiger partial charge in [0.05, 0.1) is 7.11 Å². The second-order valence-electron chi connectivity index (χ2n) is 7.12. The molecule has 3 unspecified atom stereocenters. The Morgan fingerprint density at radius 2 is 2.12 bits per heavy atom. The number of nitrogens with two attached hydrogens (primary N) is 1. The second-order valence-corrected chi connectivity index (χ2v) is 7.12. The normalized spacial score (nSPS) is 26.2. The molecule has 1 aromatic carbocycles. The molecule has 0 saturated heterocycles.